The molecular weight excluding hydrogens is 320 g/mol. The van der Waals surface area contributed by atoms with Crippen molar-refractivity contribution < 1.29 is 9.53 Å². The molecule has 0 bridgehead atoms. The first kappa shape index (κ1) is 24.4. The van der Waals surface area contributed by atoms with E-state index >= 15 is 0 Å². The van der Waals surface area contributed by atoms with Crippen LogP contribution in [0.4, 0.5) is 0 Å². The van der Waals surface area contributed by atoms with Crippen molar-refractivity contribution in [2.24, 2.45) is 0 Å². The Hall–Kier alpha value is -1.57. The number of hydrogen-bond donors (Lipinski definition) is 0. The number of unbranched alkanes of at least 4 members (excludes halogenated alkanes) is 1. The van der Waals surface area contributed by atoms with Gasteiger partial charge in [-0.05, 0) is 86.0 Å². The minimum Gasteiger partial charge on any atom is -0.466 e. The van der Waals surface area contributed by atoms with Gasteiger partial charge in [0.2, 0.25) is 0 Å². The Morgan fingerprint density at radius 1 is 0.654 bits per heavy atom. The highest BCUT2D eigenvalue weighted by Crippen LogP contribution is 2.13. The van der Waals surface area contributed by atoms with Crippen LogP contribution in [-0.2, 0) is 9.53 Å². The van der Waals surface area contributed by atoms with E-state index in [1.165, 1.54) is 35.6 Å². The number of ether oxygens (including phenoxy) is 1. The van der Waals surface area contributed by atoms with Crippen LogP contribution < -0.4 is 0 Å². The Balaban J connectivity index is 3.91. The SMILES string of the molecule is CC(=O)OCCC/C(C)=C/CC/C=C(\C)CC/C=C(\C)CCC=C(C)C. The molecule has 0 aromatic rings. The first-order valence-electron chi connectivity index (χ1n) is 10.0. The zero-order valence-electron chi connectivity index (χ0n) is 18.0. The Morgan fingerprint density at radius 2 is 1.12 bits per heavy atom. The largest absolute Gasteiger partial charge is 0.466 e. The fourth-order valence-corrected chi connectivity index (χ4v) is 2.67. The molecular formula is C24H40O2. The molecule has 0 aromatic carbocycles. The normalized spacial score (nSPS) is 12.9. The van der Waals surface area contributed by atoms with Crippen LogP contribution in [0.25, 0.3) is 0 Å². The zero-order valence-corrected chi connectivity index (χ0v) is 18.0. The smallest absolute Gasteiger partial charge is 0.302 e. The summed E-state index contributed by atoms with van der Waals surface area (Å²) < 4.78 is 4.95. The van der Waals surface area contributed by atoms with Crippen LogP contribution in [0.3, 0.4) is 0 Å². The van der Waals surface area contributed by atoms with Crippen LogP contribution in [0.1, 0.15) is 92.9 Å². The Bertz CT molecular complexity index is 514. The van der Waals surface area contributed by atoms with E-state index in [0.717, 1.165) is 44.9 Å². The van der Waals surface area contributed by atoms with Gasteiger partial charge in [-0.2, -0.15) is 0 Å². The molecule has 0 aliphatic heterocycles. The monoisotopic (exact) mass is 360 g/mol. The molecule has 2 nitrogen and oxygen atoms in total. The lowest BCUT2D eigenvalue weighted by Crippen LogP contribution is -2.00. The third-order valence-corrected chi connectivity index (χ3v) is 4.30. The maximum atomic E-state index is 10.7. The van der Waals surface area contributed by atoms with Gasteiger partial charge in [0.15, 0.2) is 0 Å². The maximum absolute atomic E-state index is 10.7. The molecule has 2 heteroatoms. The second-order valence-electron chi connectivity index (χ2n) is 7.53. The van der Waals surface area contributed by atoms with Gasteiger partial charge in [-0.15, -0.1) is 0 Å². The molecule has 148 valence electrons. The number of allylic oxidation sites excluding steroid dienone is 8. The molecule has 0 amide bonds. The van der Waals surface area contributed by atoms with Gasteiger partial charge in [-0.3, -0.25) is 4.79 Å². The lowest BCUT2D eigenvalue weighted by atomic mass is 10.0. The quantitative estimate of drug-likeness (QED) is 0.193. The summed E-state index contributed by atoms with van der Waals surface area (Å²) in [5.74, 6) is -0.190. The van der Waals surface area contributed by atoms with E-state index in [9.17, 15) is 4.79 Å². The van der Waals surface area contributed by atoms with Crippen LogP contribution in [0.15, 0.2) is 46.6 Å². The van der Waals surface area contributed by atoms with Gasteiger partial charge < -0.3 is 4.74 Å². The second-order valence-corrected chi connectivity index (χ2v) is 7.53. The predicted octanol–water partition coefficient (Wildman–Crippen LogP) is 7.48. The van der Waals surface area contributed by atoms with Crippen LogP contribution in [0.2, 0.25) is 0 Å². The van der Waals surface area contributed by atoms with Crippen molar-refractivity contribution in [2.75, 3.05) is 6.61 Å². The zero-order chi connectivity index (χ0) is 19.8. The molecule has 0 aliphatic carbocycles. The summed E-state index contributed by atoms with van der Waals surface area (Å²) in [5.41, 5.74) is 5.78. The number of carbonyl (C=O) groups excluding carboxylic acids is 1. The molecule has 0 unspecified atom stereocenters. The lowest BCUT2D eigenvalue weighted by Gasteiger charge is -2.03. The molecule has 0 radical (unpaired) electrons. The Kier molecular flexibility index (Phi) is 14.7. The van der Waals surface area contributed by atoms with Gasteiger partial charge in [0.05, 0.1) is 6.61 Å². The summed E-state index contributed by atoms with van der Waals surface area (Å²) in [6.07, 6.45) is 18.1. The molecule has 0 N–H and O–H groups in total. The third-order valence-electron chi connectivity index (χ3n) is 4.30. The molecule has 0 spiro atoms. The minimum absolute atomic E-state index is 0.190. The average molecular weight is 361 g/mol. The van der Waals surface area contributed by atoms with Gasteiger partial charge in [-0.25, -0.2) is 0 Å². The summed E-state index contributed by atoms with van der Waals surface area (Å²) in [6.45, 7) is 12.9. The standard InChI is InChI=1S/C24H40O2/c1-20(2)12-9-15-23(5)17-10-16-21(3)13-7-8-14-22(4)18-11-19-26-24(6)25/h12-14,17H,7-11,15-16,18-19H2,1-6H3/b21-13+,22-14+,23-17+. The first-order chi connectivity index (χ1) is 12.3. The van der Waals surface area contributed by atoms with Gasteiger partial charge in [0.1, 0.15) is 0 Å². The van der Waals surface area contributed by atoms with Gasteiger partial charge in [-0.1, -0.05) is 46.6 Å². The summed E-state index contributed by atoms with van der Waals surface area (Å²) in [6, 6.07) is 0. The van der Waals surface area contributed by atoms with E-state index in [4.69, 9.17) is 4.74 Å². The summed E-state index contributed by atoms with van der Waals surface area (Å²) in [4.78, 5) is 10.7. The van der Waals surface area contributed by atoms with Crippen molar-refractivity contribution in [3.8, 4) is 0 Å². The minimum atomic E-state index is -0.190. The fourth-order valence-electron chi connectivity index (χ4n) is 2.67. The van der Waals surface area contributed by atoms with Gasteiger partial charge >= 0.3 is 5.97 Å². The van der Waals surface area contributed by atoms with Crippen molar-refractivity contribution >= 4 is 5.97 Å². The topological polar surface area (TPSA) is 26.3 Å². The molecule has 0 heterocycles. The highest BCUT2D eigenvalue weighted by Gasteiger charge is 1.95. The van der Waals surface area contributed by atoms with Crippen LogP contribution in [-0.4, -0.2) is 12.6 Å². The Morgan fingerprint density at radius 3 is 1.62 bits per heavy atom. The van der Waals surface area contributed by atoms with E-state index in [1.807, 2.05) is 0 Å². The highest BCUT2D eigenvalue weighted by molar-refractivity contribution is 5.65. The molecule has 0 saturated heterocycles. The maximum Gasteiger partial charge on any atom is 0.302 e. The fraction of sp³-hybridized carbons (Fsp3) is 0.625. The third kappa shape index (κ3) is 17.3. The van der Waals surface area contributed by atoms with Crippen molar-refractivity contribution in [3.63, 3.8) is 0 Å². The molecule has 26 heavy (non-hydrogen) atoms. The van der Waals surface area contributed by atoms with E-state index in [-0.39, 0.29) is 5.97 Å². The van der Waals surface area contributed by atoms with E-state index < -0.39 is 0 Å². The summed E-state index contributed by atoms with van der Waals surface area (Å²) in [7, 11) is 0. The van der Waals surface area contributed by atoms with Gasteiger partial charge in [0, 0.05) is 6.92 Å². The lowest BCUT2D eigenvalue weighted by molar-refractivity contribution is -0.141. The van der Waals surface area contributed by atoms with E-state index in [1.54, 1.807) is 0 Å². The van der Waals surface area contributed by atoms with E-state index in [2.05, 4.69) is 58.9 Å². The van der Waals surface area contributed by atoms with Crippen LogP contribution >= 0.6 is 0 Å². The first-order valence-corrected chi connectivity index (χ1v) is 10.0. The van der Waals surface area contributed by atoms with Crippen molar-refractivity contribution in [2.45, 2.75) is 92.9 Å². The summed E-state index contributed by atoms with van der Waals surface area (Å²) >= 11 is 0. The molecule has 0 rings (SSSR count). The molecule has 0 aliphatic rings. The van der Waals surface area contributed by atoms with Crippen molar-refractivity contribution in [1.29, 1.82) is 0 Å². The molecule has 0 atom stereocenters. The highest BCUT2D eigenvalue weighted by atomic mass is 16.5. The van der Waals surface area contributed by atoms with E-state index in [0.29, 0.717) is 6.61 Å². The molecule has 0 fully saturated rings. The van der Waals surface area contributed by atoms with Crippen molar-refractivity contribution in [3.05, 3.63) is 46.6 Å². The number of esters is 1. The number of carbonyl (C=O) groups is 1. The Labute approximate surface area is 162 Å². The second kappa shape index (κ2) is 15.7. The summed E-state index contributed by atoms with van der Waals surface area (Å²) in [5, 5.41) is 0. The number of hydrogen-bond acceptors (Lipinski definition) is 2. The number of rotatable bonds is 13. The van der Waals surface area contributed by atoms with Gasteiger partial charge in [0.25, 0.3) is 0 Å². The molecule has 0 aromatic heterocycles. The van der Waals surface area contributed by atoms with Crippen LogP contribution in [0.5, 0.6) is 0 Å². The average Bonchev–Trinajstić information content (AvgIpc) is 2.55. The predicted molar refractivity (Wildman–Crippen MR) is 114 cm³/mol. The van der Waals surface area contributed by atoms with Crippen LogP contribution in [0, 0.1) is 0 Å². The molecule has 0 saturated carbocycles. The van der Waals surface area contributed by atoms with Crippen molar-refractivity contribution in [1.82, 2.24) is 0 Å².